The van der Waals surface area contributed by atoms with Crippen molar-refractivity contribution < 1.29 is 19.1 Å². The van der Waals surface area contributed by atoms with Crippen molar-refractivity contribution in [3.8, 4) is 0 Å². The van der Waals surface area contributed by atoms with Crippen LogP contribution in [0.15, 0.2) is 24.3 Å². The summed E-state index contributed by atoms with van der Waals surface area (Å²) in [5.41, 5.74) is 1.25. The van der Waals surface area contributed by atoms with Gasteiger partial charge in [-0.2, -0.15) is 0 Å². The summed E-state index contributed by atoms with van der Waals surface area (Å²) in [6, 6.07) is 6.98. The molecular weight excluding hydrogens is 354 g/mol. The molecule has 0 fully saturated rings. The number of esters is 1. The lowest BCUT2D eigenvalue weighted by Crippen LogP contribution is -2.34. The minimum Gasteiger partial charge on any atom is -0.466 e. The van der Waals surface area contributed by atoms with Crippen molar-refractivity contribution in [3.63, 3.8) is 0 Å². The smallest absolute Gasteiger partial charge is 0.306 e. The molecule has 3 N–H and O–H groups in total. The second-order valence-electron chi connectivity index (χ2n) is 5.95. The first-order chi connectivity index (χ1) is 12.3. The third-order valence-corrected chi connectivity index (χ3v) is 3.39. The first kappa shape index (κ1) is 21.6. The van der Waals surface area contributed by atoms with Crippen LogP contribution in [0.25, 0.3) is 0 Å². The van der Waals surface area contributed by atoms with Gasteiger partial charge in [-0.3, -0.25) is 14.4 Å². The van der Waals surface area contributed by atoms with Crippen LogP contribution in [0.4, 0.5) is 11.4 Å². The first-order valence-corrected chi connectivity index (χ1v) is 8.90. The van der Waals surface area contributed by atoms with Crippen LogP contribution in [0, 0.1) is 5.92 Å². The standard InChI is InChI=1S/C18H25N3O4S/c1-4-10-25-16(23)9-8-15(22)21-18(26)20-14-7-5-6-13(11-14)19-17(24)12(2)3/h5-7,11-12H,4,8-10H2,1-3H3,(H,19,24)(H2,20,21,22,26). The van der Waals surface area contributed by atoms with Gasteiger partial charge in [0.15, 0.2) is 5.11 Å². The highest BCUT2D eigenvalue weighted by Crippen LogP contribution is 2.16. The zero-order valence-corrected chi connectivity index (χ0v) is 16.1. The number of carbonyl (C=O) groups is 3. The lowest BCUT2D eigenvalue weighted by atomic mass is 10.2. The molecular formula is C18H25N3O4S. The summed E-state index contributed by atoms with van der Waals surface area (Å²) in [5, 5.41) is 8.27. The molecule has 0 spiro atoms. The minimum atomic E-state index is -0.408. The van der Waals surface area contributed by atoms with Gasteiger partial charge in [0.05, 0.1) is 13.0 Å². The number of anilines is 2. The Labute approximate surface area is 158 Å². The first-order valence-electron chi connectivity index (χ1n) is 8.49. The van der Waals surface area contributed by atoms with Gasteiger partial charge >= 0.3 is 5.97 Å². The largest absolute Gasteiger partial charge is 0.466 e. The van der Waals surface area contributed by atoms with Crippen LogP contribution in [0.1, 0.15) is 40.0 Å². The minimum absolute atomic E-state index is 0.00511. The highest BCUT2D eigenvalue weighted by atomic mass is 32.1. The molecule has 142 valence electrons. The van der Waals surface area contributed by atoms with Gasteiger partial charge in [0, 0.05) is 23.7 Å². The fourth-order valence-corrected chi connectivity index (χ4v) is 2.05. The van der Waals surface area contributed by atoms with Crippen molar-refractivity contribution in [2.75, 3.05) is 17.2 Å². The molecule has 7 nitrogen and oxygen atoms in total. The van der Waals surface area contributed by atoms with E-state index < -0.39 is 5.97 Å². The Hall–Kier alpha value is -2.48. The average molecular weight is 379 g/mol. The molecule has 0 aliphatic heterocycles. The molecule has 1 rings (SSSR count). The van der Waals surface area contributed by atoms with Crippen LogP contribution in [0.2, 0.25) is 0 Å². The lowest BCUT2D eigenvalue weighted by Gasteiger charge is -2.12. The van der Waals surface area contributed by atoms with Crippen LogP contribution in [-0.4, -0.2) is 29.5 Å². The summed E-state index contributed by atoms with van der Waals surface area (Å²) in [7, 11) is 0. The fourth-order valence-electron chi connectivity index (χ4n) is 1.82. The van der Waals surface area contributed by atoms with E-state index in [0.717, 1.165) is 6.42 Å². The number of rotatable bonds is 8. The van der Waals surface area contributed by atoms with E-state index in [4.69, 9.17) is 17.0 Å². The maximum atomic E-state index is 11.8. The summed E-state index contributed by atoms with van der Waals surface area (Å²) in [6.07, 6.45) is 0.739. The Morgan fingerprint density at radius 2 is 1.77 bits per heavy atom. The number of nitrogens with one attached hydrogen (secondary N) is 3. The van der Waals surface area contributed by atoms with E-state index in [9.17, 15) is 14.4 Å². The third-order valence-electron chi connectivity index (χ3n) is 3.19. The molecule has 1 aromatic carbocycles. The highest BCUT2D eigenvalue weighted by molar-refractivity contribution is 7.80. The van der Waals surface area contributed by atoms with Crippen LogP contribution < -0.4 is 16.0 Å². The van der Waals surface area contributed by atoms with E-state index in [1.54, 1.807) is 38.1 Å². The molecule has 0 radical (unpaired) electrons. The monoisotopic (exact) mass is 379 g/mol. The molecule has 0 saturated heterocycles. The molecule has 0 unspecified atom stereocenters. The molecule has 0 heterocycles. The van der Waals surface area contributed by atoms with E-state index in [0.29, 0.717) is 18.0 Å². The van der Waals surface area contributed by atoms with Gasteiger partial charge in [-0.05, 0) is 36.8 Å². The topological polar surface area (TPSA) is 96.5 Å². The van der Waals surface area contributed by atoms with Gasteiger partial charge in [0.2, 0.25) is 11.8 Å². The van der Waals surface area contributed by atoms with Gasteiger partial charge in [0.1, 0.15) is 0 Å². The van der Waals surface area contributed by atoms with E-state index >= 15 is 0 Å². The number of benzene rings is 1. The Morgan fingerprint density at radius 1 is 1.12 bits per heavy atom. The SMILES string of the molecule is CCCOC(=O)CCC(=O)NC(=S)Nc1cccc(NC(=O)C(C)C)c1. The van der Waals surface area contributed by atoms with Crippen LogP contribution >= 0.6 is 12.2 Å². The highest BCUT2D eigenvalue weighted by Gasteiger charge is 2.10. The Kier molecular flexibility index (Phi) is 9.29. The van der Waals surface area contributed by atoms with Crippen LogP contribution in [0.3, 0.4) is 0 Å². The summed E-state index contributed by atoms with van der Waals surface area (Å²) in [6.45, 7) is 5.86. The number of hydrogen-bond acceptors (Lipinski definition) is 5. The summed E-state index contributed by atoms with van der Waals surface area (Å²) in [5.74, 6) is -1.00. The number of ether oxygens (including phenoxy) is 1. The van der Waals surface area contributed by atoms with Crippen molar-refractivity contribution >= 4 is 46.5 Å². The Balaban J connectivity index is 2.46. The molecule has 0 atom stereocenters. The number of thiocarbonyl (C=S) groups is 1. The summed E-state index contributed by atoms with van der Waals surface area (Å²) in [4.78, 5) is 34.9. The van der Waals surface area contributed by atoms with Crippen molar-refractivity contribution in [1.29, 1.82) is 0 Å². The summed E-state index contributed by atoms with van der Waals surface area (Å²) >= 11 is 5.09. The fraction of sp³-hybridized carbons (Fsp3) is 0.444. The van der Waals surface area contributed by atoms with Gasteiger partial charge < -0.3 is 20.7 Å². The molecule has 26 heavy (non-hydrogen) atoms. The predicted octanol–water partition coefficient (Wildman–Crippen LogP) is 2.83. The lowest BCUT2D eigenvalue weighted by molar-refractivity contribution is -0.144. The summed E-state index contributed by atoms with van der Waals surface area (Å²) < 4.78 is 4.90. The van der Waals surface area contributed by atoms with Crippen molar-refractivity contribution in [2.24, 2.45) is 5.92 Å². The van der Waals surface area contributed by atoms with E-state index in [-0.39, 0.29) is 35.7 Å². The van der Waals surface area contributed by atoms with Crippen molar-refractivity contribution in [1.82, 2.24) is 5.32 Å². The zero-order chi connectivity index (χ0) is 19.5. The van der Waals surface area contributed by atoms with Gasteiger partial charge in [-0.25, -0.2) is 0 Å². The number of hydrogen-bond donors (Lipinski definition) is 3. The molecule has 2 amide bonds. The van der Waals surface area contributed by atoms with Crippen LogP contribution in [-0.2, 0) is 19.1 Å². The Bertz CT molecular complexity index is 662. The molecule has 0 aliphatic carbocycles. The van der Waals surface area contributed by atoms with E-state index in [1.807, 2.05) is 6.92 Å². The predicted molar refractivity (Wildman–Crippen MR) is 105 cm³/mol. The molecule has 8 heteroatoms. The van der Waals surface area contributed by atoms with E-state index in [2.05, 4.69) is 16.0 Å². The normalized spacial score (nSPS) is 10.2. The molecule has 0 bridgehead atoms. The molecule has 0 aliphatic rings. The maximum Gasteiger partial charge on any atom is 0.306 e. The number of amides is 2. The molecule has 0 saturated carbocycles. The van der Waals surface area contributed by atoms with Gasteiger partial charge in [-0.15, -0.1) is 0 Å². The van der Waals surface area contributed by atoms with E-state index in [1.165, 1.54) is 0 Å². The van der Waals surface area contributed by atoms with Crippen molar-refractivity contribution in [3.05, 3.63) is 24.3 Å². The molecule has 1 aromatic rings. The average Bonchev–Trinajstić information content (AvgIpc) is 2.58. The third kappa shape index (κ3) is 8.57. The number of carbonyl (C=O) groups excluding carboxylic acids is 3. The van der Waals surface area contributed by atoms with Gasteiger partial charge in [0.25, 0.3) is 0 Å². The second kappa shape index (κ2) is 11.2. The zero-order valence-electron chi connectivity index (χ0n) is 15.3. The quantitative estimate of drug-likeness (QED) is 0.475. The van der Waals surface area contributed by atoms with Crippen molar-refractivity contribution in [2.45, 2.75) is 40.0 Å². The van der Waals surface area contributed by atoms with Gasteiger partial charge in [-0.1, -0.05) is 26.8 Å². The van der Waals surface area contributed by atoms with Crippen LogP contribution in [0.5, 0.6) is 0 Å². The Morgan fingerprint density at radius 3 is 2.38 bits per heavy atom. The molecule has 0 aromatic heterocycles. The maximum absolute atomic E-state index is 11.8. The second-order valence-corrected chi connectivity index (χ2v) is 6.36.